The number of hydrogen-bond acceptors (Lipinski definition) is 5. The summed E-state index contributed by atoms with van der Waals surface area (Å²) in [5.41, 5.74) is 0.0434. The molecule has 104 valence electrons. The van der Waals surface area contributed by atoms with E-state index >= 15 is 0 Å². The molecule has 2 aliphatic rings. The molecule has 0 radical (unpaired) electrons. The van der Waals surface area contributed by atoms with Crippen LogP contribution in [0.3, 0.4) is 0 Å². The van der Waals surface area contributed by atoms with E-state index in [-0.39, 0.29) is 35.3 Å². The van der Waals surface area contributed by atoms with Crippen LogP contribution in [0, 0.1) is 5.41 Å². The van der Waals surface area contributed by atoms with E-state index in [1.165, 1.54) is 0 Å². The predicted molar refractivity (Wildman–Crippen MR) is 67.0 cm³/mol. The number of carbonyl (C=O) groups is 1. The summed E-state index contributed by atoms with van der Waals surface area (Å²) in [5, 5.41) is 5.91. The Kier molecular flexibility index (Phi) is 3.93. The molecule has 1 atom stereocenters. The molecule has 0 aromatic carbocycles. The van der Waals surface area contributed by atoms with Crippen molar-refractivity contribution < 1.29 is 17.9 Å². The SMILES string of the molecule is CC1(CNC(=O)CC2CS(=O)(=O)CCN2)COC1. The molecule has 18 heavy (non-hydrogen) atoms. The van der Waals surface area contributed by atoms with Crippen LogP contribution in [0.5, 0.6) is 0 Å². The molecular weight excluding hydrogens is 256 g/mol. The van der Waals surface area contributed by atoms with E-state index in [1.54, 1.807) is 0 Å². The highest BCUT2D eigenvalue weighted by atomic mass is 32.2. The largest absolute Gasteiger partial charge is 0.380 e. The van der Waals surface area contributed by atoms with Gasteiger partial charge >= 0.3 is 0 Å². The third kappa shape index (κ3) is 3.66. The zero-order valence-electron chi connectivity index (χ0n) is 10.6. The van der Waals surface area contributed by atoms with E-state index < -0.39 is 9.84 Å². The number of nitrogens with one attached hydrogen (secondary N) is 2. The normalized spacial score (nSPS) is 29.3. The van der Waals surface area contributed by atoms with Crippen LogP contribution in [-0.4, -0.2) is 58.2 Å². The lowest BCUT2D eigenvalue weighted by atomic mass is 9.89. The van der Waals surface area contributed by atoms with Crippen LogP contribution in [0.15, 0.2) is 0 Å². The zero-order valence-corrected chi connectivity index (χ0v) is 11.4. The number of carbonyl (C=O) groups excluding carboxylic acids is 1. The van der Waals surface area contributed by atoms with Crippen LogP contribution in [0.2, 0.25) is 0 Å². The van der Waals surface area contributed by atoms with Gasteiger partial charge in [0.25, 0.3) is 0 Å². The van der Waals surface area contributed by atoms with Crippen molar-refractivity contribution in [1.29, 1.82) is 0 Å². The topological polar surface area (TPSA) is 84.5 Å². The monoisotopic (exact) mass is 276 g/mol. The van der Waals surface area contributed by atoms with Crippen molar-refractivity contribution >= 4 is 15.7 Å². The van der Waals surface area contributed by atoms with Gasteiger partial charge < -0.3 is 15.4 Å². The highest BCUT2D eigenvalue weighted by Crippen LogP contribution is 2.25. The standard InChI is InChI=1S/C11H20N2O4S/c1-11(7-17-8-11)6-13-10(14)4-9-5-18(15,16)3-2-12-9/h9,12H,2-8H2,1H3,(H,13,14). The first-order valence-electron chi connectivity index (χ1n) is 6.17. The fourth-order valence-electron chi connectivity index (χ4n) is 2.16. The maximum atomic E-state index is 11.7. The Morgan fingerprint density at radius 1 is 1.50 bits per heavy atom. The minimum atomic E-state index is -2.98. The van der Waals surface area contributed by atoms with Gasteiger partial charge in [0, 0.05) is 31.0 Å². The van der Waals surface area contributed by atoms with Crippen molar-refractivity contribution in [3.8, 4) is 0 Å². The van der Waals surface area contributed by atoms with E-state index in [1.807, 2.05) is 0 Å². The predicted octanol–water partition coefficient (Wildman–Crippen LogP) is -1.08. The molecule has 1 unspecified atom stereocenters. The van der Waals surface area contributed by atoms with E-state index in [2.05, 4.69) is 17.6 Å². The molecule has 7 heteroatoms. The summed E-state index contributed by atoms with van der Waals surface area (Å²) in [7, 11) is -2.98. The van der Waals surface area contributed by atoms with Crippen LogP contribution in [0.1, 0.15) is 13.3 Å². The first kappa shape index (κ1) is 13.8. The second-order valence-corrected chi connectivity index (χ2v) is 7.78. The Labute approximate surface area is 107 Å². The maximum absolute atomic E-state index is 11.7. The second-order valence-electron chi connectivity index (χ2n) is 5.55. The molecule has 6 nitrogen and oxygen atoms in total. The summed E-state index contributed by atoms with van der Waals surface area (Å²) < 4.78 is 28.0. The maximum Gasteiger partial charge on any atom is 0.221 e. The minimum Gasteiger partial charge on any atom is -0.380 e. The van der Waals surface area contributed by atoms with Gasteiger partial charge in [0.2, 0.25) is 5.91 Å². The van der Waals surface area contributed by atoms with Crippen molar-refractivity contribution in [1.82, 2.24) is 10.6 Å². The third-order valence-corrected chi connectivity index (χ3v) is 5.08. The van der Waals surface area contributed by atoms with Gasteiger partial charge in [-0.3, -0.25) is 4.79 Å². The van der Waals surface area contributed by atoms with Crippen molar-refractivity contribution in [3.05, 3.63) is 0 Å². The van der Waals surface area contributed by atoms with Gasteiger partial charge in [-0.1, -0.05) is 6.92 Å². The van der Waals surface area contributed by atoms with Crippen LogP contribution < -0.4 is 10.6 Å². The molecule has 0 aliphatic carbocycles. The second kappa shape index (κ2) is 5.14. The number of rotatable bonds is 4. The lowest BCUT2D eigenvalue weighted by Gasteiger charge is -2.38. The van der Waals surface area contributed by atoms with Crippen molar-refractivity contribution in [3.63, 3.8) is 0 Å². The molecule has 0 saturated carbocycles. The summed E-state index contributed by atoms with van der Waals surface area (Å²) >= 11 is 0. The summed E-state index contributed by atoms with van der Waals surface area (Å²) in [6.45, 7) is 4.42. The number of amides is 1. The molecule has 2 N–H and O–H groups in total. The fourth-order valence-corrected chi connectivity index (χ4v) is 3.60. The van der Waals surface area contributed by atoms with Crippen molar-refractivity contribution in [2.75, 3.05) is 37.8 Å². The molecule has 0 aromatic heterocycles. The van der Waals surface area contributed by atoms with Crippen LogP contribution in [0.25, 0.3) is 0 Å². The van der Waals surface area contributed by atoms with Crippen molar-refractivity contribution in [2.45, 2.75) is 19.4 Å². The highest BCUT2D eigenvalue weighted by molar-refractivity contribution is 7.91. The molecule has 2 fully saturated rings. The Morgan fingerprint density at radius 2 is 2.22 bits per heavy atom. The van der Waals surface area contributed by atoms with Gasteiger partial charge in [-0.05, 0) is 0 Å². The van der Waals surface area contributed by atoms with Gasteiger partial charge in [0.15, 0.2) is 9.84 Å². The average molecular weight is 276 g/mol. The summed E-state index contributed by atoms with van der Waals surface area (Å²) in [6, 6.07) is -0.255. The summed E-state index contributed by atoms with van der Waals surface area (Å²) in [5.74, 6) is 0.124. The fraction of sp³-hybridized carbons (Fsp3) is 0.909. The average Bonchev–Trinajstić information content (AvgIpc) is 2.22. The van der Waals surface area contributed by atoms with Gasteiger partial charge in [-0.15, -0.1) is 0 Å². The molecule has 2 aliphatic heterocycles. The molecule has 2 heterocycles. The molecule has 2 rings (SSSR count). The Hall–Kier alpha value is -0.660. The van der Waals surface area contributed by atoms with Gasteiger partial charge in [0.1, 0.15) is 0 Å². The molecule has 1 amide bonds. The van der Waals surface area contributed by atoms with E-state index in [0.717, 1.165) is 0 Å². The molecule has 0 spiro atoms. The van der Waals surface area contributed by atoms with Gasteiger partial charge in [-0.25, -0.2) is 8.42 Å². The van der Waals surface area contributed by atoms with Crippen LogP contribution in [-0.2, 0) is 19.4 Å². The number of sulfone groups is 1. The Bertz CT molecular complexity index is 417. The zero-order chi connectivity index (χ0) is 13.2. The van der Waals surface area contributed by atoms with Crippen molar-refractivity contribution in [2.24, 2.45) is 5.41 Å². The lowest BCUT2D eigenvalue weighted by molar-refractivity contribution is -0.127. The first-order valence-corrected chi connectivity index (χ1v) is 7.99. The summed E-state index contributed by atoms with van der Waals surface area (Å²) in [4.78, 5) is 11.7. The molecular formula is C11H20N2O4S. The minimum absolute atomic E-state index is 0.0434. The van der Waals surface area contributed by atoms with Crippen LogP contribution in [0.4, 0.5) is 0 Å². The first-order chi connectivity index (χ1) is 8.39. The Morgan fingerprint density at radius 3 is 2.78 bits per heavy atom. The molecule has 0 aromatic rings. The van der Waals surface area contributed by atoms with E-state index in [9.17, 15) is 13.2 Å². The smallest absolute Gasteiger partial charge is 0.221 e. The van der Waals surface area contributed by atoms with Crippen LogP contribution >= 0.6 is 0 Å². The number of ether oxygens (including phenoxy) is 1. The summed E-state index contributed by atoms with van der Waals surface area (Å²) in [6.07, 6.45) is 0.218. The quantitative estimate of drug-likeness (QED) is 0.682. The molecule has 0 bridgehead atoms. The highest BCUT2D eigenvalue weighted by Gasteiger charge is 2.34. The van der Waals surface area contributed by atoms with Gasteiger partial charge in [0.05, 0.1) is 24.7 Å². The van der Waals surface area contributed by atoms with Gasteiger partial charge in [-0.2, -0.15) is 0 Å². The Balaban J connectivity index is 1.73. The lowest BCUT2D eigenvalue weighted by Crippen LogP contribution is -2.51. The molecule has 2 saturated heterocycles. The number of hydrogen-bond donors (Lipinski definition) is 2. The van der Waals surface area contributed by atoms with E-state index in [0.29, 0.717) is 26.3 Å². The van der Waals surface area contributed by atoms with E-state index in [4.69, 9.17) is 4.74 Å². The third-order valence-electron chi connectivity index (χ3n) is 3.35.